The number of aliphatic hydroxyl groups is 1. The maximum atomic E-state index is 12.7. The Kier molecular flexibility index (Phi) is 23.7. The largest absolute Gasteiger partial charge is 0.459 e. The molecule has 17 heteroatoms. The number of carbonyl (C=O) groups excluding carboxylic acids is 8. The zero-order chi connectivity index (χ0) is 73.0. The number of fused-ring (bicyclic) bond motifs is 2. The second kappa shape index (κ2) is 29.7. The Morgan fingerprint density at radius 2 is 0.990 bits per heavy atom. The predicted molar refractivity (Wildman–Crippen MR) is 375 cm³/mol. The highest BCUT2D eigenvalue weighted by Crippen LogP contribution is 2.66. The highest BCUT2D eigenvalue weighted by Gasteiger charge is 2.65. The topological polar surface area (TPSA) is 231 Å². The van der Waals surface area contributed by atoms with Gasteiger partial charge in [0.25, 0.3) is 0 Å². The van der Waals surface area contributed by atoms with E-state index in [0.717, 1.165) is 127 Å². The summed E-state index contributed by atoms with van der Waals surface area (Å²) in [6.45, 7) is 37.6. The Hall–Kier alpha value is -4.28. The van der Waals surface area contributed by atoms with E-state index in [0.29, 0.717) is 48.3 Å². The van der Waals surface area contributed by atoms with Gasteiger partial charge in [0, 0.05) is 29.6 Å². The Morgan fingerprint density at radius 1 is 0.495 bits per heavy atom. The van der Waals surface area contributed by atoms with E-state index >= 15 is 0 Å². The van der Waals surface area contributed by atoms with Crippen LogP contribution in [0.4, 0.5) is 0 Å². The van der Waals surface area contributed by atoms with Crippen LogP contribution in [-0.2, 0) is 76.3 Å². The molecule has 562 valence electrons. The minimum Gasteiger partial charge on any atom is -0.459 e. The number of carbonyl (C=O) groups is 8. The molecular weight excluding hydrogens is 1260 g/mol. The van der Waals surface area contributed by atoms with Crippen molar-refractivity contribution in [2.75, 3.05) is 6.61 Å². The molecular formula is C82H132O17. The molecule has 0 radical (unpaired) electrons. The minimum absolute atomic E-state index is 0.00935. The molecule has 16 aliphatic rings. The first-order valence-corrected chi connectivity index (χ1v) is 39.5. The van der Waals surface area contributed by atoms with Crippen LogP contribution in [0.15, 0.2) is 0 Å². The van der Waals surface area contributed by atoms with Crippen LogP contribution >= 0.6 is 0 Å². The van der Waals surface area contributed by atoms with Crippen molar-refractivity contribution < 1.29 is 81.4 Å². The van der Waals surface area contributed by atoms with Gasteiger partial charge >= 0.3 is 47.8 Å². The van der Waals surface area contributed by atoms with E-state index in [4.69, 9.17) is 37.9 Å². The summed E-state index contributed by atoms with van der Waals surface area (Å²) in [6.07, 6.45) is 27.2. The summed E-state index contributed by atoms with van der Waals surface area (Å²) in [5.74, 6) is 4.08. The summed E-state index contributed by atoms with van der Waals surface area (Å²) in [7, 11) is 0. The van der Waals surface area contributed by atoms with Crippen LogP contribution < -0.4 is 0 Å². The Bertz CT molecular complexity index is 2880. The molecule has 16 rings (SSSR count). The van der Waals surface area contributed by atoms with E-state index in [9.17, 15) is 43.5 Å². The van der Waals surface area contributed by atoms with Crippen LogP contribution in [0.3, 0.4) is 0 Å². The monoisotopic (exact) mass is 1390 g/mol. The molecule has 17 nitrogen and oxygen atoms in total. The second-order valence-corrected chi connectivity index (χ2v) is 38.0. The molecule has 16 fully saturated rings. The zero-order valence-electron chi connectivity index (χ0n) is 64.7. The maximum Gasteiger partial charge on any atom is 0.344 e. The van der Waals surface area contributed by atoms with Crippen molar-refractivity contribution in [3.63, 3.8) is 0 Å². The quantitative estimate of drug-likeness (QED) is 0.0882. The van der Waals surface area contributed by atoms with Crippen LogP contribution in [-0.4, -0.2) is 106 Å². The smallest absolute Gasteiger partial charge is 0.344 e. The fourth-order valence-corrected chi connectivity index (χ4v) is 20.3. The number of esters is 8. The Morgan fingerprint density at radius 3 is 1.51 bits per heavy atom. The zero-order valence-corrected chi connectivity index (χ0v) is 64.7. The molecule has 1 N–H and O–H groups in total. The maximum absolute atomic E-state index is 12.7. The Balaban J connectivity index is 0.000000146. The highest BCUT2D eigenvalue weighted by molar-refractivity contribution is 5.81. The summed E-state index contributed by atoms with van der Waals surface area (Å²) >= 11 is 0. The summed E-state index contributed by atoms with van der Waals surface area (Å²) in [6, 6.07) is 0. The summed E-state index contributed by atoms with van der Waals surface area (Å²) < 4.78 is 45.4. The molecule has 3 saturated heterocycles. The van der Waals surface area contributed by atoms with Gasteiger partial charge < -0.3 is 43.0 Å². The third-order valence-corrected chi connectivity index (χ3v) is 28.5. The van der Waals surface area contributed by atoms with Crippen molar-refractivity contribution in [1.29, 1.82) is 0 Å². The molecule has 0 aromatic heterocycles. The second-order valence-electron chi connectivity index (χ2n) is 38.0. The van der Waals surface area contributed by atoms with Gasteiger partial charge in [0.2, 0.25) is 0 Å². The molecule has 0 spiro atoms. The molecule has 13 saturated carbocycles. The lowest BCUT2D eigenvalue weighted by Crippen LogP contribution is -2.61. The van der Waals surface area contributed by atoms with E-state index in [1.54, 1.807) is 13.8 Å². The third kappa shape index (κ3) is 16.8. The van der Waals surface area contributed by atoms with Crippen LogP contribution in [0.2, 0.25) is 0 Å². The summed E-state index contributed by atoms with van der Waals surface area (Å²) in [4.78, 5) is 97.1. The lowest BCUT2D eigenvalue weighted by Gasteiger charge is -2.62. The number of rotatable bonds is 20. The Labute approximate surface area is 594 Å². The van der Waals surface area contributed by atoms with Crippen molar-refractivity contribution in [2.24, 2.45) is 104 Å². The van der Waals surface area contributed by atoms with Crippen LogP contribution in [0.5, 0.6) is 0 Å². The first kappa shape index (κ1) is 78.8. The summed E-state index contributed by atoms with van der Waals surface area (Å²) in [5, 5.41) is 10.6. The van der Waals surface area contributed by atoms with E-state index in [-0.39, 0.29) is 112 Å². The summed E-state index contributed by atoms with van der Waals surface area (Å²) in [5.41, 5.74) is -3.29. The van der Waals surface area contributed by atoms with Crippen molar-refractivity contribution in [3.8, 4) is 0 Å². The van der Waals surface area contributed by atoms with Crippen LogP contribution in [0, 0.1) is 104 Å². The van der Waals surface area contributed by atoms with Crippen molar-refractivity contribution in [1.82, 2.24) is 0 Å². The van der Waals surface area contributed by atoms with Gasteiger partial charge in [-0.2, -0.15) is 0 Å². The van der Waals surface area contributed by atoms with E-state index in [1.807, 2.05) is 83.1 Å². The SMILES string of the molecule is CCC(C)(C)C(=O)OC(C)(CC)C12CC3CC(CC(C3)C1)C2.CCC(C)(C)C(=O)OC1(C(C)C)CCCC1.CCC(C)(C)C(=O)OC12CC3CC(CC(O)(C3)C1)C2.CCC(C)(C)C(=O)OC1C2CC3C(=O)OC1C3C2.CCC(C)(C)C(=O)OCC(=O)OC1C2CC3CC(C2)C(=O)OC1C3. The molecule has 14 bridgehead atoms. The highest BCUT2D eigenvalue weighted by atomic mass is 16.6. The fraction of sp³-hybridized carbons (Fsp3) is 0.902. The average Bonchev–Trinajstić information content (AvgIpc) is 0.881. The van der Waals surface area contributed by atoms with Gasteiger partial charge in [-0.25, -0.2) is 4.79 Å². The lowest BCUT2D eigenvalue weighted by molar-refractivity contribution is -0.225. The van der Waals surface area contributed by atoms with Crippen molar-refractivity contribution in [3.05, 3.63) is 0 Å². The van der Waals surface area contributed by atoms with Crippen molar-refractivity contribution >= 4 is 47.8 Å². The molecule has 0 amide bonds. The number of hydrogen-bond acceptors (Lipinski definition) is 17. The molecule has 0 aromatic rings. The molecule has 99 heavy (non-hydrogen) atoms. The van der Waals surface area contributed by atoms with E-state index in [1.165, 1.54) is 57.8 Å². The molecule has 0 aromatic carbocycles. The average molecular weight is 1390 g/mol. The third-order valence-electron chi connectivity index (χ3n) is 28.5. The fourth-order valence-electron chi connectivity index (χ4n) is 20.3. The lowest BCUT2D eigenvalue weighted by atomic mass is 9.45. The van der Waals surface area contributed by atoms with Crippen LogP contribution in [0.1, 0.15) is 311 Å². The standard InChI is InChI=1S/C20H34O2.C18H26O6.C16H26O3.C14H20O4.C14H26O2/c1-6-18(3,4)17(21)22-19(5,7-2)20-11-14-8-15(12-20)10-16(9-14)13-20;1-4-18(2,3)17(21)22-9-14(19)24-15-11-5-10-6-12(8-11)16(20)23-13(15)7-10;1-4-14(2,3)13(17)19-16-8-11-5-12(9-16)7-15(18,6-11)10-16;1-4-14(2,3)13(16)18-10-7-5-8-9(6-7)12(15)17-11(8)10;1-6-13(4,5)12(15)16-14(11(2)3)9-7-8-10-14/h14-16H,6-13H2,1-5H3;10-13,15H,4-9H2,1-3H3;11-12,18H,4-10H2,1-3H3;7-11H,4-6H2,1-3H3;11H,6-10H2,1-5H3. The van der Waals surface area contributed by atoms with Crippen LogP contribution in [0.25, 0.3) is 0 Å². The van der Waals surface area contributed by atoms with Gasteiger partial charge in [0.1, 0.15) is 41.2 Å². The molecule has 13 unspecified atom stereocenters. The van der Waals surface area contributed by atoms with Gasteiger partial charge in [-0.15, -0.1) is 0 Å². The minimum atomic E-state index is -0.615. The normalized spacial score (nSPS) is 36.4. The van der Waals surface area contributed by atoms with Gasteiger partial charge in [-0.1, -0.05) is 55.4 Å². The number of ether oxygens (including phenoxy) is 8. The molecule has 13 atom stereocenters. The molecule has 3 heterocycles. The van der Waals surface area contributed by atoms with Gasteiger partial charge in [-0.05, 0) is 291 Å². The first-order chi connectivity index (χ1) is 46.1. The molecule has 13 aliphatic carbocycles. The van der Waals surface area contributed by atoms with Gasteiger partial charge in [0.05, 0.1) is 44.5 Å². The van der Waals surface area contributed by atoms with Gasteiger partial charge in [-0.3, -0.25) is 33.6 Å². The van der Waals surface area contributed by atoms with E-state index < -0.39 is 39.9 Å². The number of hydrogen-bond donors (Lipinski definition) is 1. The molecule has 3 aliphatic heterocycles. The predicted octanol–water partition coefficient (Wildman–Crippen LogP) is 16.5. The van der Waals surface area contributed by atoms with Crippen molar-refractivity contribution in [2.45, 2.75) is 358 Å². The van der Waals surface area contributed by atoms with E-state index in [2.05, 4.69) is 34.6 Å². The first-order valence-electron chi connectivity index (χ1n) is 39.5. The van der Waals surface area contributed by atoms with Gasteiger partial charge in [0.15, 0.2) is 6.61 Å².